The van der Waals surface area contributed by atoms with Crippen LogP contribution in [0.5, 0.6) is 0 Å². The van der Waals surface area contributed by atoms with Crippen molar-refractivity contribution in [1.29, 1.82) is 0 Å². The van der Waals surface area contributed by atoms with E-state index in [4.69, 9.17) is 5.73 Å². The summed E-state index contributed by atoms with van der Waals surface area (Å²) in [7, 11) is -3.76. The Labute approximate surface area is 99.6 Å². The molecule has 1 aromatic rings. The smallest absolute Gasteiger partial charge is 0.178 e. The quantitative estimate of drug-likeness (QED) is 0.902. The third-order valence-electron chi connectivity index (χ3n) is 2.15. The zero-order valence-electron chi connectivity index (χ0n) is 9.92. The van der Waals surface area contributed by atoms with Gasteiger partial charge in [-0.3, -0.25) is 0 Å². The van der Waals surface area contributed by atoms with E-state index in [1.54, 1.807) is 13.8 Å². The molecule has 0 saturated heterocycles. The van der Waals surface area contributed by atoms with Crippen LogP contribution in [0.2, 0.25) is 0 Å². The van der Waals surface area contributed by atoms with Crippen LogP contribution in [0.3, 0.4) is 0 Å². The number of halogens is 2. The Morgan fingerprint density at radius 1 is 1.24 bits per heavy atom. The van der Waals surface area contributed by atoms with E-state index in [0.717, 1.165) is 12.3 Å². The Bertz CT molecular complexity index is 533. The van der Waals surface area contributed by atoms with Gasteiger partial charge in [0.1, 0.15) is 16.5 Å². The molecule has 17 heavy (non-hydrogen) atoms. The minimum atomic E-state index is -3.76. The molecule has 0 saturated carbocycles. The first kappa shape index (κ1) is 14.1. The van der Waals surface area contributed by atoms with Crippen LogP contribution in [0.4, 0.5) is 8.78 Å². The summed E-state index contributed by atoms with van der Waals surface area (Å²) in [4.78, 5) is -0.631. The van der Waals surface area contributed by atoms with Gasteiger partial charge in [0.05, 0.1) is 0 Å². The number of benzene rings is 1. The van der Waals surface area contributed by atoms with Crippen LogP contribution < -0.4 is 5.73 Å². The number of rotatable bonds is 3. The molecule has 0 fully saturated rings. The Kier molecular flexibility index (Phi) is 3.59. The topological polar surface area (TPSA) is 60.2 Å². The van der Waals surface area contributed by atoms with Crippen LogP contribution in [0.25, 0.3) is 0 Å². The van der Waals surface area contributed by atoms with Crippen LogP contribution >= 0.6 is 0 Å². The molecular weight excluding hydrogens is 248 g/mol. The molecule has 0 amide bonds. The van der Waals surface area contributed by atoms with Gasteiger partial charge in [-0.25, -0.2) is 17.2 Å². The van der Waals surface area contributed by atoms with Crippen molar-refractivity contribution in [2.45, 2.75) is 30.7 Å². The van der Waals surface area contributed by atoms with E-state index < -0.39 is 31.9 Å². The van der Waals surface area contributed by atoms with Crippen LogP contribution in [-0.4, -0.2) is 20.2 Å². The predicted molar refractivity (Wildman–Crippen MR) is 61.4 cm³/mol. The molecule has 1 aromatic carbocycles. The molecule has 6 heteroatoms. The van der Waals surface area contributed by atoms with Crippen molar-refractivity contribution in [2.75, 3.05) is 6.26 Å². The van der Waals surface area contributed by atoms with E-state index >= 15 is 0 Å². The van der Waals surface area contributed by atoms with Crippen molar-refractivity contribution in [2.24, 2.45) is 5.73 Å². The third kappa shape index (κ3) is 3.74. The first-order valence-electron chi connectivity index (χ1n) is 4.97. The van der Waals surface area contributed by atoms with Gasteiger partial charge in [0.15, 0.2) is 9.84 Å². The van der Waals surface area contributed by atoms with Crippen molar-refractivity contribution in [3.05, 3.63) is 29.3 Å². The molecule has 0 radical (unpaired) electrons. The highest BCUT2D eigenvalue weighted by Gasteiger charge is 2.20. The molecular formula is C11H15F2NO2S. The maximum absolute atomic E-state index is 13.6. The Morgan fingerprint density at radius 2 is 1.76 bits per heavy atom. The fourth-order valence-corrected chi connectivity index (χ4v) is 2.21. The third-order valence-corrected chi connectivity index (χ3v) is 3.26. The van der Waals surface area contributed by atoms with Crippen molar-refractivity contribution >= 4 is 9.84 Å². The van der Waals surface area contributed by atoms with E-state index in [9.17, 15) is 17.2 Å². The lowest BCUT2D eigenvalue weighted by molar-refractivity contribution is 0.488. The molecule has 0 bridgehead atoms. The largest absolute Gasteiger partial charge is 0.325 e. The Hall–Kier alpha value is -1.01. The number of sulfone groups is 1. The fraction of sp³-hybridized carbons (Fsp3) is 0.455. The predicted octanol–water partition coefficient (Wildman–Crippen LogP) is 1.65. The van der Waals surface area contributed by atoms with Crippen LogP contribution in [0, 0.1) is 11.6 Å². The van der Waals surface area contributed by atoms with Gasteiger partial charge in [-0.1, -0.05) is 0 Å². The normalized spacial score (nSPS) is 12.8. The number of hydrogen-bond donors (Lipinski definition) is 1. The SMILES string of the molecule is CC(C)(N)Cc1cc(F)c(S(C)(=O)=O)cc1F. The van der Waals surface area contributed by atoms with E-state index in [2.05, 4.69) is 0 Å². The second kappa shape index (κ2) is 4.34. The van der Waals surface area contributed by atoms with Gasteiger partial charge >= 0.3 is 0 Å². The van der Waals surface area contributed by atoms with E-state index in [1.807, 2.05) is 0 Å². The molecule has 0 aliphatic rings. The summed E-state index contributed by atoms with van der Waals surface area (Å²) in [6.07, 6.45) is 0.956. The molecule has 0 spiro atoms. The maximum Gasteiger partial charge on any atom is 0.178 e. The summed E-state index contributed by atoms with van der Waals surface area (Å²) < 4.78 is 49.5. The van der Waals surface area contributed by atoms with Crippen LogP contribution in [0.1, 0.15) is 19.4 Å². The lowest BCUT2D eigenvalue weighted by atomic mass is 9.96. The molecule has 0 atom stereocenters. The first-order valence-corrected chi connectivity index (χ1v) is 6.87. The van der Waals surface area contributed by atoms with E-state index in [1.165, 1.54) is 0 Å². The minimum Gasteiger partial charge on any atom is -0.325 e. The monoisotopic (exact) mass is 263 g/mol. The Morgan fingerprint density at radius 3 is 2.18 bits per heavy atom. The van der Waals surface area contributed by atoms with Gasteiger partial charge < -0.3 is 5.73 Å². The number of hydrogen-bond acceptors (Lipinski definition) is 3. The lowest BCUT2D eigenvalue weighted by Crippen LogP contribution is -2.34. The van der Waals surface area contributed by atoms with Crippen molar-refractivity contribution in [3.63, 3.8) is 0 Å². The average molecular weight is 263 g/mol. The van der Waals surface area contributed by atoms with E-state index in [0.29, 0.717) is 6.07 Å². The molecule has 2 N–H and O–H groups in total. The molecule has 96 valence electrons. The highest BCUT2D eigenvalue weighted by Crippen LogP contribution is 2.21. The summed E-state index contributed by atoms with van der Waals surface area (Å²) in [6, 6.07) is 1.59. The molecule has 0 aliphatic carbocycles. The lowest BCUT2D eigenvalue weighted by Gasteiger charge is -2.19. The standard InChI is InChI=1S/C11H15F2NO2S/c1-11(2,14)6-7-4-9(13)10(5-8(7)12)17(3,15)16/h4-5H,6,14H2,1-3H3. The number of nitrogens with two attached hydrogens (primary N) is 1. The molecule has 0 aliphatic heterocycles. The van der Waals surface area contributed by atoms with Gasteiger partial charge in [0, 0.05) is 11.8 Å². The second-order valence-corrected chi connectivity index (χ2v) is 6.80. The van der Waals surface area contributed by atoms with Crippen molar-refractivity contribution in [3.8, 4) is 0 Å². The van der Waals surface area contributed by atoms with Crippen molar-refractivity contribution < 1.29 is 17.2 Å². The van der Waals surface area contributed by atoms with Gasteiger partial charge in [0.2, 0.25) is 0 Å². The van der Waals surface area contributed by atoms with Gasteiger partial charge in [-0.15, -0.1) is 0 Å². The average Bonchev–Trinajstić information content (AvgIpc) is 2.06. The summed E-state index contributed by atoms with van der Waals surface area (Å²) in [5.41, 5.74) is 5.08. The highest BCUT2D eigenvalue weighted by molar-refractivity contribution is 7.90. The van der Waals surface area contributed by atoms with Crippen LogP contribution in [0.15, 0.2) is 17.0 Å². The molecule has 0 heterocycles. The zero-order valence-corrected chi connectivity index (χ0v) is 10.7. The molecule has 3 nitrogen and oxygen atoms in total. The Balaban J connectivity index is 3.29. The highest BCUT2D eigenvalue weighted by atomic mass is 32.2. The second-order valence-electron chi connectivity index (χ2n) is 4.81. The summed E-state index contributed by atoms with van der Waals surface area (Å²) in [6.45, 7) is 3.35. The summed E-state index contributed by atoms with van der Waals surface area (Å²) in [5, 5.41) is 0. The molecule has 0 unspecified atom stereocenters. The molecule has 1 rings (SSSR count). The minimum absolute atomic E-state index is 0.0717. The van der Waals surface area contributed by atoms with E-state index in [-0.39, 0.29) is 12.0 Å². The van der Waals surface area contributed by atoms with Crippen LogP contribution in [-0.2, 0) is 16.3 Å². The maximum atomic E-state index is 13.6. The zero-order chi connectivity index (χ0) is 13.4. The van der Waals surface area contributed by atoms with Gasteiger partial charge in [-0.2, -0.15) is 0 Å². The summed E-state index contributed by atoms with van der Waals surface area (Å²) in [5.74, 6) is -1.71. The first-order chi connectivity index (χ1) is 7.50. The summed E-state index contributed by atoms with van der Waals surface area (Å²) >= 11 is 0. The van der Waals surface area contributed by atoms with Gasteiger partial charge in [0.25, 0.3) is 0 Å². The van der Waals surface area contributed by atoms with Crippen molar-refractivity contribution in [1.82, 2.24) is 0 Å². The van der Waals surface area contributed by atoms with Gasteiger partial charge in [-0.05, 0) is 38.0 Å². The fourth-order valence-electron chi connectivity index (χ4n) is 1.48. The molecule has 0 aromatic heterocycles.